The summed E-state index contributed by atoms with van der Waals surface area (Å²) < 4.78 is 0. The summed E-state index contributed by atoms with van der Waals surface area (Å²) in [6.07, 6.45) is 1.67. The highest BCUT2D eigenvalue weighted by Crippen LogP contribution is 1.71. The summed E-state index contributed by atoms with van der Waals surface area (Å²) in [5.74, 6) is -5.03. The number of hydrogen-bond acceptors (Lipinski definition) is 6. The number of carboxylic acids is 4. The lowest BCUT2D eigenvalue weighted by Gasteiger charge is -1.90. The van der Waals surface area contributed by atoms with Crippen LogP contribution in [0.2, 0.25) is 0 Å². The molecule has 0 bridgehead atoms. The van der Waals surface area contributed by atoms with E-state index in [1.807, 2.05) is 0 Å². The summed E-state index contributed by atoms with van der Waals surface area (Å²) >= 11 is 0. The molecule has 10 nitrogen and oxygen atoms in total. The molecule has 6 N–H and O–H groups in total. The van der Waals surface area contributed by atoms with Crippen molar-refractivity contribution in [1.82, 2.24) is 0 Å². The third kappa shape index (κ3) is 46.8. The highest BCUT2D eigenvalue weighted by atomic mass is 16.4. The first kappa shape index (κ1) is 23.4. The van der Waals surface area contributed by atoms with Crippen LogP contribution >= 0.6 is 0 Å². The standard InChI is InChI=1S/2C4H4O4.C3H8O2/c2*5-3(6)1-2-4(7)8;1-3(5)2-4/h2*1-2H,(H,5,6)(H,7,8);3-5H,2H2,1H3/b2*2-1+;. The van der Waals surface area contributed by atoms with Crippen LogP contribution in [-0.2, 0) is 19.2 Å². The molecule has 0 aromatic rings. The van der Waals surface area contributed by atoms with Gasteiger partial charge in [-0.2, -0.15) is 0 Å². The first-order valence-electron chi connectivity index (χ1n) is 5.09. The fraction of sp³-hybridized carbons (Fsp3) is 0.273. The van der Waals surface area contributed by atoms with Gasteiger partial charge in [-0.3, -0.25) is 0 Å². The number of aliphatic hydroxyl groups excluding tert-OH is 2. The predicted molar refractivity (Wildman–Crippen MR) is 67.6 cm³/mol. The molecule has 0 amide bonds. The van der Waals surface area contributed by atoms with Crippen LogP contribution in [0.25, 0.3) is 0 Å². The number of hydrogen-bond donors (Lipinski definition) is 6. The van der Waals surface area contributed by atoms with Crippen LogP contribution in [0, 0.1) is 0 Å². The van der Waals surface area contributed by atoms with Gasteiger partial charge in [0.1, 0.15) is 0 Å². The van der Waals surface area contributed by atoms with Gasteiger partial charge in [-0.25, -0.2) is 19.2 Å². The number of carboxylic acid groups (broad SMARTS) is 4. The molecule has 0 saturated heterocycles. The second kappa shape index (κ2) is 15.3. The van der Waals surface area contributed by atoms with Gasteiger partial charge in [0.15, 0.2) is 0 Å². The van der Waals surface area contributed by atoms with Crippen molar-refractivity contribution >= 4 is 23.9 Å². The van der Waals surface area contributed by atoms with Gasteiger partial charge in [0.05, 0.1) is 12.7 Å². The maximum Gasteiger partial charge on any atom is 0.328 e. The van der Waals surface area contributed by atoms with Gasteiger partial charge in [-0.1, -0.05) is 0 Å². The molecule has 0 aliphatic rings. The minimum Gasteiger partial charge on any atom is -0.478 e. The quantitative estimate of drug-likeness (QED) is 0.336. The number of aliphatic hydroxyl groups is 2. The van der Waals surface area contributed by atoms with E-state index >= 15 is 0 Å². The Balaban J connectivity index is -0.000000239. The van der Waals surface area contributed by atoms with Crippen LogP contribution in [-0.4, -0.2) is 67.2 Å². The molecular formula is C11H16O10. The lowest BCUT2D eigenvalue weighted by molar-refractivity contribution is -0.134. The zero-order valence-corrected chi connectivity index (χ0v) is 10.9. The summed E-state index contributed by atoms with van der Waals surface area (Å²) in [6.45, 7) is 1.39. The van der Waals surface area contributed by atoms with Gasteiger partial charge in [-0.05, 0) is 6.92 Å². The number of rotatable bonds is 5. The number of carbonyl (C=O) groups is 4. The van der Waals surface area contributed by atoms with Crippen molar-refractivity contribution in [2.24, 2.45) is 0 Å². The van der Waals surface area contributed by atoms with E-state index in [1.165, 1.54) is 6.92 Å². The molecule has 0 aliphatic heterocycles. The Morgan fingerprint density at radius 2 is 0.905 bits per heavy atom. The van der Waals surface area contributed by atoms with E-state index in [2.05, 4.69) is 0 Å². The van der Waals surface area contributed by atoms with Crippen molar-refractivity contribution in [3.63, 3.8) is 0 Å². The molecule has 0 radical (unpaired) electrons. The molecule has 0 heterocycles. The molecule has 1 atom stereocenters. The third-order valence-electron chi connectivity index (χ3n) is 1.00. The van der Waals surface area contributed by atoms with Crippen molar-refractivity contribution in [2.45, 2.75) is 13.0 Å². The molecule has 1 unspecified atom stereocenters. The van der Waals surface area contributed by atoms with Gasteiger partial charge >= 0.3 is 23.9 Å². The molecule has 10 heteroatoms. The van der Waals surface area contributed by atoms with Crippen molar-refractivity contribution in [2.75, 3.05) is 6.61 Å². The van der Waals surface area contributed by atoms with E-state index in [4.69, 9.17) is 30.6 Å². The topological polar surface area (TPSA) is 190 Å². The summed E-state index contributed by atoms with van der Waals surface area (Å²) in [4.78, 5) is 38.2. The minimum absolute atomic E-state index is 0.139. The lowest BCUT2D eigenvalue weighted by Crippen LogP contribution is -2.03. The van der Waals surface area contributed by atoms with Gasteiger partial charge in [0.25, 0.3) is 0 Å². The van der Waals surface area contributed by atoms with Gasteiger partial charge in [0.2, 0.25) is 0 Å². The Hall–Kier alpha value is -2.72. The Morgan fingerprint density at radius 3 is 0.952 bits per heavy atom. The molecule has 0 fully saturated rings. The molecule has 120 valence electrons. The van der Waals surface area contributed by atoms with Crippen molar-refractivity contribution in [1.29, 1.82) is 0 Å². The van der Waals surface area contributed by atoms with E-state index < -0.39 is 30.0 Å². The third-order valence-corrected chi connectivity index (χ3v) is 1.00. The Kier molecular flexibility index (Phi) is 17.1. The van der Waals surface area contributed by atoms with E-state index in [9.17, 15) is 19.2 Å². The molecule has 0 aliphatic carbocycles. The second-order valence-corrected chi connectivity index (χ2v) is 3.05. The van der Waals surface area contributed by atoms with Crippen LogP contribution in [0.3, 0.4) is 0 Å². The van der Waals surface area contributed by atoms with Crippen LogP contribution in [0.15, 0.2) is 24.3 Å². The zero-order valence-electron chi connectivity index (χ0n) is 10.9. The summed E-state index contributed by atoms with van der Waals surface area (Å²) in [5, 5.41) is 47.3. The van der Waals surface area contributed by atoms with Crippen LogP contribution in [0.4, 0.5) is 0 Å². The highest BCUT2D eigenvalue weighted by molar-refractivity contribution is 5.90. The highest BCUT2D eigenvalue weighted by Gasteiger charge is 1.88. The van der Waals surface area contributed by atoms with Crippen LogP contribution in [0.1, 0.15) is 6.92 Å². The molecular weight excluding hydrogens is 292 g/mol. The molecule has 0 spiro atoms. The maximum atomic E-state index is 9.55. The normalized spacial score (nSPS) is 10.8. The van der Waals surface area contributed by atoms with Gasteiger partial charge < -0.3 is 30.6 Å². The van der Waals surface area contributed by atoms with Crippen LogP contribution < -0.4 is 0 Å². The average Bonchev–Trinajstić information content (AvgIpc) is 2.35. The predicted octanol–water partition coefficient (Wildman–Crippen LogP) is -1.22. The maximum absolute atomic E-state index is 9.55. The molecule has 0 rings (SSSR count). The molecule has 0 saturated carbocycles. The smallest absolute Gasteiger partial charge is 0.328 e. The van der Waals surface area contributed by atoms with Crippen molar-refractivity contribution < 1.29 is 49.8 Å². The van der Waals surface area contributed by atoms with Gasteiger partial charge in [0, 0.05) is 24.3 Å². The Labute approximate surface area is 118 Å². The first-order chi connectivity index (χ1) is 9.52. The fourth-order valence-electron chi connectivity index (χ4n) is 0.285. The van der Waals surface area contributed by atoms with E-state index in [0.717, 1.165) is 0 Å². The SMILES string of the molecule is CC(O)CO.O=C(O)/C=C/C(=O)O.O=C(O)/C=C/C(=O)O. The van der Waals surface area contributed by atoms with E-state index in [-0.39, 0.29) is 6.61 Å². The summed E-state index contributed by atoms with van der Waals surface area (Å²) in [6, 6.07) is 0. The minimum atomic E-state index is -1.26. The largest absolute Gasteiger partial charge is 0.478 e. The van der Waals surface area contributed by atoms with Crippen molar-refractivity contribution in [3.05, 3.63) is 24.3 Å². The summed E-state index contributed by atoms with van der Waals surface area (Å²) in [5.41, 5.74) is 0. The van der Waals surface area contributed by atoms with Gasteiger partial charge in [-0.15, -0.1) is 0 Å². The van der Waals surface area contributed by atoms with E-state index in [1.54, 1.807) is 0 Å². The molecule has 0 aromatic carbocycles. The first-order valence-corrected chi connectivity index (χ1v) is 5.09. The van der Waals surface area contributed by atoms with Crippen molar-refractivity contribution in [3.8, 4) is 0 Å². The monoisotopic (exact) mass is 308 g/mol. The lowest BCUT2D eigenvalue weighted by atomic mass is 10.5. The molecule has 21 heavy (non-hydrogen) atoms. The second-order valence-electron chi connectivity index (χ2n) is 3.05. The van der Waals surface area contributed by atoms with E-state index in [0.29, 0.717) is 24.3 Å². The zero-order chi connectivity index (χ0) is 17.4. The van der Waals surface area contributed by atoms with Crippen LogP contribution in [0.5, 0.6) is 0 Å². The molecule has 0 aromatic heterocycles. The Bertz CT molecular complexity index is 328. The summed E-state index contributed by atoms with van der Waals surface area (Å²) in [7, 11) is 0. The average molecular weight is 308 g/mol. The fourth-order valence-corrected chi connectivity index (χ4v) is 0.285. The number of aliphatic carboxylic acids is 4. The Morgan fingerprint density at radius 1 is 0.762 bits per heavy atom.